The molecule has 3 heteroatoms. The number of benzene rings is 2. The number of rotatable bonds is 4. The lowest BCUT2D eigenvalue weighted by Crippen LogP contribution is -2.16. The highest BCUT2D eigenvalue weighted by Crippen LogP contribution is 2.38. The number of hydrogen-bond acceptors (Lipinski definition) is 2. The first-order valence-electron chi connectivity index (χ1n) is 9.22. The molecule has 132 valence electrons. The monoisotopic (exact) mass is 345 g/mol. The molecule has 0 saturated heterocycles. The van der Waals surface area contributed by atoms with E-state index < -0.39 is 0 Å². The minimum atomic E-state index is -0.174. The summed E-state index contributed by atoms with van der Waals surface area (Å²) in [6, 6.07) is 19.0. The van der Waals surface area contributed by atoms with E-state index in [-0.39, 0.29) is 5.97 Å². The molecule has 0 unspecified atom stereocenters. The molecular weight excluding hydrogens is 322 g/mol. The Morgan fingerprint density at radius 2 is 1.77 bits per heavy atom. The summed E-state index contributed by atoms with van der Waals surface area (Å²) in [5.41, 5.74) is 6.89. The fourth-order valence-corrected chi connectivity index (χ4v) is 4.04. The number of carbonyl (C=O) groups excluding carboxylic acids is 1. The smallest absolute Gasteiger partial charge is 0.334 e. The summed E-state index contributed by atoms with van der Waals surface area (Å²) in [6.45, 7) is 5.12. The second kappa shape index (κ2) is 6.83. The Morgan fingerprint density at radius 3 is 2.54 bits per heavy atom. The van der Waals surface area contributed by atoms with Crippen molar-refractivity contribution in [1.82, 2.24) is 4.57 Å². The van der Waals surface area contributed by atoms with Crippen LogP contribution in [-0.2, 0) is 22.5 Å². The van der Waals surface area contributed by atoms with Crippen LogP contribution in [0.3, 0.4) is 0 Å². The Hall–Kier alpha value is -2.81. The van der Waals surface area contributed by atoms with Crippen LogP contribution >= 0.6 is 0 Å². The minimum absolute atomic E-state index is 0.174. The van der Waals surface area contributed by atoms with E-state index in [0.29, 0.717) is 6.61 Å². The van der Waals surface area contributed by atoms with E-state index in [2.05, 4.69) is 60.0 Å². The Balaban J connectivity index is 1.91. The Labute approximate surface area is 153 Å². The topological polar surface area (TPSA) is 31.2 Å². The average Bonchev–Trinajstić information content (AvgIpc) is 2.98. The highest BCUT2D eigenvalue weighted by Gasteiger charge is 2.27. The van der Waals surface area contributed by atoms with Crippen LogP contribution in [0, 0.1) is 0 Å². The standard InChI is InChI=1S/C23H23NO2/c1-3-26-23(25)18-13-14-20-19-11-7-8-12-21(19)24(22(20)16(18)2)15-17-9-5-4-6-10-17/h4-12H,3,13-15H2,1-2H3. The van der Waals surface area contributed by atoms with Crippen LogP contribution in [0.4, 0.5) is 0 Å². The first-order chi connectivity index (χ1) is 12.7. The maximum absolute atomic E-state index is 12.4. The molecule has 1 aromatic heterocycles. The van der Waals surface area contributed by atoms with Crippen molar-refractivity contribution in [3.63, 3.8) is 0 Å². The van der Waals surface area contributed by atoms with Gasteiger partial charge in [0, 0.05) is 28.7 Å². The summed E-state index contributed by atoms with van der Waals surface area (Å²) < 4.78 is 7.65. The summed E-state index contributed by atoms with van der Waals surface area (Å²) in [7, 11) is 0. The molecule has 4 rings (SSSR count). The van der Waals surface area contributed by atoms with Crippen molar-refractivity contribution in [2.45, 2.75) is 33.2 Å². The molecule has 1 aliphatic rings. The van der Waals surface area contributed by atoms with Gasteiger partial charge >= 0.3 is 5.97 Å². The van der Waals surface area contributed by atoms with E-state index in [9.17, 15) is 4.79 Å². The number of aromatic nitrogens is 1. The van der Waals surface area contributed by atoms with E-state index in [0.717, 1.165) is 30.5 Å². The highest BCUT2D eigenvalue weighted by atomic mass is 16.5. The number of nitrogens with zero attached hydrogens (tertiary/aromatic N) is 1. The van der Waals surface area contributed by atoms with Gasteiger partial charge in [-0.25, -0.2) is 4.79 Å². The molecule has 0 radical (unpaired) electrons. The number of fused-ring (bicyclic) bond motifs is 3. The van der Waals surface area contributed by atoms with Gasteiger partial charge in [0.15, 0.2) is 0 Å². The first-order valence-corrected chi connectivity index (χ1v) is 9.22. The number of hydrogen-bond donors (Lipinski definition) is 0. The molecule has 0 N–H and O–H groups in total. The zero-order valence-corrected chi connectivity index (χ0v) is 15.3. The van der Waals surface area contributed by atoms with Crippen molar-refractivity contribution >= 4 is 22.4 Å². The lowest BCUT2D eigenvalue weighted by molar-refractivity contribution is -0.138. The molecule has 26 heavy (non-hydrogen) atoms. The molecule has 0 atom stereocenters. The van der Waals surface area contributed by atoms with E-state index in [1.54, 1.807) is 0 Å². The maximum Gasteiger partial charge on any atom is 0.334 e. The normalized spacial score (nSPS) is 13.8. The largest absolute Gasteiger partial charge is 0.463 e. The Morgan fingerprint density at radius 1 is 1.04 bits per heavy atom. The molecular formula is C23H23NO2. The van der Waals surface area contributed by atoms with Gasteiger partial charge in [0.2, 0.25) is 0 Å². The van der Waals surface area contributed by atoms with E-state index in [1.807, 2.05) is 13.0 Å². The molecule has 0 amide bonds. The van der Waals surface area contributed by atoms with Gasteiger partial charge in [-0.2, -0.15) is 0 Å². The average molecular weight is 345 g/mol. The third-order valence-electron chi connectivity index (χ3n) is 5.21. The minimum Gasteiger partial charge on any atom is -0.463 e. The molecule has 0 saturated carbocycles. The molecule has 1 aliphatic carbocycles. The highest BCUT2D eigenvalue weighted by molar-refractivity contribution is 6.01. The Bertz CT molecular complexity index is 996. The zero-order chi connectivity index (χ0) is 18.1. The molecule has 3 nitrogen and oxygen atoms in total. The van der Waals surface area contributed by atoms with E-state index >= 15 is 0 Å². The van der Waals surface area contributed by atoms with Crippen molar-refractivity contribution in [1.29, 1.82) is 0 Å². The van der Waals surface area contributed by atoms with Crippen LogP contribution in [0.5, 0.6) is 0 Å². The summed E-state index contributed by atoms with van der Waals surface area (Å²) >= 11 is 0. The third kappa shape index (κ3) is 2.74. The molecule has 2 aromatic carbocycles. The van der Waals surface area contributed by atoms with Crippen LogP contribution in [0.25, 0.3) is 16.5 Å². The number of ether oxygens (including phenoxy) is 1. The van der Waals surface area contributed by atoms with Crippen molar-refractivity contribution in [3.8, 4) is 0 Å². The van der Waals surface area contributed by atoms with Gasteiger partial charge in [0.25, 0.3) is 0 Å². The van der Waals surface area contributed by atoms with Crippen molar-refractivity contribution in [2.75, 3.05) is 6.61 Å². The summed E-state index contributed by atoms with van der Waals surface area (Å²) in [5.74, 6) is -0.174. The molecule has 0 aliphatic heterocycles. The van der Waals surface area contributed by atoms with Gasteiger partial charge in [-0.05, 0) is 49.5 Å². The van der Waals surface area contributed by atoms with E-state index in [4.69, 9.17) is 4.74 Å². The number of allylic oxidation sites excluding steroid dienone is 1. The lowest BCUT2D eigenvalue weighted by Gasteiger charge is -2.20. The fourth-order valence-electron chi connectivity index (χ4n) is 4.04. The number of carbonyl (C=O) groups is 1. The van der Waals surface area contributed by atoms with Gasteiger partial charge in [-0.15, -0.1) is 0 Å². The van der Waals surface area contributed by atoms with Crippen LogP contribution in [0.2, 0.25) is 0 Å². The SMILES string of the molecule is CCOC(=O)C1=C(C)c2c(c3ccccc3n2Cc2ccccc2)CC1. The van der Waals surface area contributed by atoms with Crippen molar-refractivity contribution in [2.24, 2.45) is 0 Å². The van der Waals surface area contributed by atoms with Gasteiger partial charge in [-0.1, -0.05) is 48.5 Å². The Kier molecular flexibility index (Phi) is 4.37. The lowest BCUT2D eigenvalue weighted by atomic mass is 9.89. The fraction of sp³-hybridized carbons (Fsp3) is 0.261. The summed E-state index contributed by atoms with van der Waals surface area (Å²) in [6.07, 6.45) is 1.63. The van der Waals surface area contributed by atoms with Crippen LogP contribution in [0.1, 0.15) is 37.1 Å². The maximum atomic E-state index is 12.4. The summed E-state index contributed by atoms with van der Waals surface area (Å²) in [4.78, 5) is 12.4. The number of para-hydroxylation sites is 1. The quantitative estimate of drug-likeness (QED) is 0.625. The predicted octanol–water partition coefficient (Wildman–Crippen LogP) is 4.97. The number of esters is 1. The van der Waals surface area contributed by atoms with E-state index in [1.165, 1.54) is 27.7 Å². The van der Waals surface area contributed by atoms with Gasteiger partial charge in [0.05, 0.1) is 6.61 Å². The second-order valence-electron chi connectivity index (χ2n) is 6.74. The van der Waals surface area contributed by atoms with Crippen LogP contribution < -0.4 is 0 Å². The van der Waals surface area contributed by atoms with Gasteiger partial charge < -0.3 is 9.30 Å². The summed E-state index contributed by atoms with van der Waals surface area (Å²) in [5, 5.41) is 1.29. The van der Waals surface area contributed by atoms with Crippen molar-refractivity contribution < 1.29 is 9.53 Å². The van der Waals surface area contributed by atoms with Gasteiger partial charge in [0.1, 0.15) is 0 Å². The number of aryl methyl sites for hydroxylation is 1. The van der Waals surface area contributed by atoms with Gasteiger partial charge in [-0.3, -0.25) is 0 Å². The molecule has 0 bridgehead atoms. The van der Waals surface area contributed by atoms with Crippen molar-refractivity contribution in [3.05, 3.63) is 77.0 Å². The third-order valence-corrected chi connectivity index (χ3v) is 5.21. The molecule has 1 heterocycles. The first kappa shape index (κ1) is 16.6. The predicted molar refractivity (Wildman–Crippen MR) is 105 cm³/mol. The molecule has 0 fully saturated rings. The van der Waals surface area contributed by atoms with Crippen LogP contribution in [0.15, 0.2) is 60.2 Å². The molecule has 3 aromatic rings. The molecule has 0 spiro atoms. The zero-order valence-electron chi connectivity index (χ0n) is 15.3. The van der Waals surface area contributed by atoms with Crippen LogP contribution in [-0.4, -0.2) is 17.1 Å². The second-order valence-corrected chi connectivity index (χ2v) is 6.74.